The van der Waals surface area contributed by atoms with Crippen molar-refractivity contribution >= 4 is 28.5 Å². The summed E-state index contributed by atoms with van der Waals surface area (Å²) in [4.78, 5) is 13.5. The van der Waals surface area contributed by atoms with Crippen molar-refractivity contribution in [3.63, 3.8) is 0 Å². The molecule has 0 aromatic heterocycles. The average molecular weight is 375 g/mol. The molecule has 1 aromatic rings. The fourth-order valence-electron chi connectivity index (χ4n) is 2.30. The molecule has 0 aliphatic heterocycles. The van der Waals surface area contributed by atoms with Gasteiger partial charge in [0.2, 0.25) is 0 Å². The van der Waals surface area contributed by atoms with Gasteiger partial charge in [-0.2, -0.15) is 0 Å². The molecule has 1 aromatic carbocycles. The van der Waals surface area contributed by atoms with Crippen LogP contribution in [0.1, 0.15) is 38.1 Å². The summed E-state index contributed by atoms with van der Waals surface area (Å²) in [6, 6.07) is 8.82. The van der Waals surface area contributed by atoms with Crippen molar-refractivity contribution < 1.29 is 9.69 Å². The molecule has 0 heterocycles. The molecule has 0 saturated carbocycles. The number of quaternary nitrogens is 1. The highest BCUT2D eigenvalue weighted by Gasteiger charge is 2.16. The van der Waals surface area contributed by atoms with E-state index >= 15 is 0 Å². The molecule has 4 heteroatoms. The molecule has 1 rings (SSSR count). The normalized spacial score (nSPS) is 11.4. The Balaban J connectivity index is 2.47. The topological polar surface area (TPSA) is 33.5 Å². The van der Waals surface area contributed by atoms with Crippen molar-refractivity contribution in [2.75, 3.05) is 13.1 Å². The number of hydrogen-bond acceptors (Lipinski definition) is 1. The van der Waals surface area contributed by atoms with E-state index in [4.69, 9.17) is 0 Å². The number of carbonyl (C=O) groups excluding carboxylic acids is 1. The molecule has 19 heavy (non-hydrogen) atoms. The van der Waals surface area contributed by atoms with Gasteiger partial charge in [0.25, 0.3) is 5.91 Å². The van der Waals surface area contributed by atoms with Crippen LogP contribution in [0.15, 0.2) is 24.3 Å². The highest BCUT2D eigenvalue weighted by molar-refractivity contribution is 14.1. The second-order valence-corrected chi connectivity index (χ2v) is 6.65. The Morgan fingerprint density at radius 1 is 1.26 bits per heavy atom. The summed E-state index contributed by atoms with van der Waals surface area (Å²) in [5, 5.41) is 3.00. The van der Waals surface area contributed by atoms with E-state index in [1.165, 1.54) is 4.90 Å². The van der Waals surface area contributed by atoms with Crippen LogP contribution in [0.25, 0.3) is 0 Å². The number of carbonyl (C=O) groups is 1. The minimum atomic E-state index is 0.0189. The summed E-state index contributed by atoms with van der Waals surface area (Å²) in [5.74, 6) is 0.0189. The smallest absolute Gasteiger partial charge is 0.251 e. The Kier molecular flexibility index (Phi) is 6.79. The Morgan fingerprint density at radius 3 is 2.42 bits per heavy atom. The number of amides is 1. The third-order valence-corrected chi connectivity index (χ3v) is 3.94. The maximum Gasteiger partial charge on any atom is 0.251 e. The molecule has 3 nitrogen and oxygen atoms in total. The van der Waals surface area contributed by atoms with Gasteiger partial charge >= 0.3 is 0 Å². The first kappa shape index (κ1) is 16.4. The molecule has 0 radical (unpaired) electrons. The molecule has 0 unspecified atom stereocenters. The van der Waals surface area contributed by atoms with Crippen LogP contribution >= 0.6 is 22.6 Å². The van der Waals surface area contributed by atoms with Gasteiger partial charge in [0, 0.05) is 9.13 Å². The van der Waals surface area contributed by atoms with Gasteiger partial charge < -0.3 is 10.2 Å². The minimum absolute atomic E-state index is 0.0189. The van der Waals surface area contributed by atoms with Gasteiger partial charge in [0.1, 0.15) is 0 Å². The average Bonchev–Trinajstić information content (AvgIpc) is 2.33. The highest BCUT2D eigenvalue weighted by atomic mass is 127. The summed E-state index contributed by atoms with van der Waals surface area (Å²) in [6.45, 7) is 10.6. The zero-order valence-electron chi connectivity index (χ0n) is 12.2. The lowest BCUT2D eigenvalue weighted by atomic mass is 10.2. The van der Waals surface area contributed by atoms with Crippen LogP contribution in [0.3, 0.4) is 0 Å². The Morgan fingerprint density at radius 2 is 1.89 bits per heavy atom. The third-order valence-electron chi connectivity index (χ3n) is 3.27. The molecule has 0 aliphatic rings. The number of benzene rings is 1. The van der Waals surface area contributed by atoms with Gasteiger partial charge in [-0.1, -0.05) is 6.07 Å². The van der Waals surface area contributed by atoms with E-state index in [1.807, 2.05) is 24.3 Å². The zero-order valence-corrected chi connectivity index (χ0v) is 14.3. The van der Waals surface area contributed by atoms with E-state index in [0.717, 1.165) is 22.2 Å². The van der Waals surface area contributed by atoms with Crippen LogP contribution in [0.5, 0.6) is 0 Å². The zero-order chi connectivity index (χ0) is 14.4. The first-order chi connectivity index (χ1) is 8.91. The van der Waals surface area contributed by atoms with Gasteiger partial charge in [-0.3, -0.25) is 4.79 Å². The fourth-order valence-corrected chi connectivity index (χ4v) is 2.84. The van der Waals surface area contributed by atoms with Crippen molar-refractivity contribution in [3.8, 4) is 0 Å². The summed E-state index contributed by atoms with van der Waals surface area (Å²) in [5.41, 5.74) is 0.738. The molecular weight excluding hydrogens is 351 g/mol. The van der Waals surface area contributed by atoms with Crippen LogP contribution in [0, 0.1) is 3.57 Å². The minimum Gasteiger partial charge on any atom is -0.346 e. The lowest BCUT2D eigenvalue weighted by Crippen LogP contribution is -3.18. The van der Waals surface area contributed by atoms with E-state index in [9.17, 15) is 4.79 Å². The van der Waals surface area contributed by atoms with Crippen LogP contribution < -0.4 is 10.2 Å². The number of nitrogens with one attached hydrogen (secondary N) is 2. The monoisotopic (exact) mass is 375 g/mol. The summed E-state index contributed by atoms with van der Waals surface area (Å²) < 4.78 is 1.09. The Hall–Kier alpha value is -0.620. The van der Waals surface area contributed by atoms with Crippen LogP contribution in [-0.2, 0) is 0 Å². The molecule has 0 spiro atoms. The molecule has 0 bridgehead atoms. The van der Waals surface area contributed by atoms with E-state index < -0.39 is 0 Å². The summed E-state index contributed by atoms with van der Waals surface area (Å²) in [7, 11) is 0. The van der Waals surface area contributed by atoms with Crippen LogP contribution in [0.2, 0.25) is 0 Å². The van der Waals surface area contributed by atoms with E-state index in [-0.39, 0.29) is 5.91 Å². The highest BCUT2D eigenvalue weighted by Crippen LogP contribution is 2.07. The molecule has 1 amide bonds. The fraction of sp³-hybridized carbons (Fsp3) is 0.533. The van der Waals surface area contributed by atoms with E-state index in [2.05, 4.69) is 55.6 Å². The first-order valence-corrected chi connectivity index (χ1v) is 7.89. The standard InChI is InChI=1S/C15H23IN2O/c1-11(2)18(12(3)4)9-8-17-15(19)13-6-5-7-14(16)10-13/h5-7,10-12H,8-9H2,1-4H3,(H,17,19)/p+1. The Labute approximate surface area is 129 Å². The van der Waals surface area contributed by atoms with Crippen molar-refractivity contribution in [1.29, 1.82) is 0 Å². The van der Waals surface area contributed by atoms with E-state index in [1.54, 1.807) is 0 Å². The second kappa shape index (κ2) is 7.85. The molecule has 0 fully saturated rings. The second-order valence-electron chi connectivity index (χ2n) is 5.40. The first-order valence-electron chi connectivity index (χ1n) is 6.81. The van der Waals surface area contributed by atoms with Crippen molar-refractivity contribution in [2.45, 2.75) is 39.8 Å². The SMILES string of the molecule is CC(C)[NH+](CCNC(=O)c1cccc(I)c1)C(C)C. The molecular formula is C15H24IN2O+. The van der Waals surface area contributed by atoms with Crippen molar-refractivity contribution in [3.05, 3.63) is 33.4 Å². The van der Waals surface area contributed by atoms with Gasteiger partial charge in [0.15, 0.2) is 0 Å². The molecule has 0 aliphatic carbocycles. The van der Waals surface area contributed by atoms with Gasteiger partial charge in [-0.25, -0.2) is 0 Å². The van der Waals surface area contributed by atoms with E-state index in [0.29, 0.717) is 12.1 Å². The lowest BCUT2D eigenvalue weighted by Gasteiger charge is -2.27. The molecule has 106 valence electrons. The predicted molar refractivity (Wildman–Crippen MR) is 87.6 cm³/mol. The maximum atomic E-state index is 12.0. The summed E-state index contributed by atoms with van der Waals surface area (Å²) in [6.07, 6.45) is 0. The summed E-state index contributed by atoms with van der Waals surface area (Å²) >= 11 is 2.22. The number of rotatable bonds is 6. The quantitative estimate of drug-likeness (QED) is 0.730. The predicted octanol–water partition coefficient (Wildman–Crippen LogP) is 1.72. The number of halogens is 1. The molecule has 2 N–H and O–H groups in total. The van der Waals surface area contributed by atoms with Crippen molar-refractivity contribution in [1.82, 2.24) is 5.32 Å². The van der Waals surface area contributed by atoms with Gasteiger partial charge in [-0.05, 0) is 68.5 Å². The molecule has 0 atom stereocenters. The Bertz CT molecular complexity index is 410. The number of hydrogen-bond donors (Lipinski definition) is 2. The van der Waals surface area contributed by atoms with Gasteiger partial charge in [0.05, 0.1) is 25.2 Å². The maximum absolute atomic E-state index is 12.0. The lowest BCUT2D eigenvalue weighted by molar-refractivity contribution is -0.941. The van der Waals surface area contributed by atoms with Crippen molar-refractivity contribution in [2.24, 2.45) is 0 Å². The largest absolute Gasteiger partial charge is 0.346 e. The van der Waals surface area contributed by atoms with Crippen LogP contribution in [-0.4, -0.2) is 31.1 Å². The third kappa shape index (κ3) is 5.48. The molecule has 0 saturated heterocycles. The van der Waals surface area contributed by atoms with Gasteiger partial charge in [-0.15, -0.1) is 0 Å². The van der Waals surface area contributed by atoms with Crippen LogP contribution in [0.4, 0.5) is 0 Å².